The number of rotatable bonds is 2. The molecule has 0 spiro atoms. The van der Waals surface area contributed by atoms with Crippen LogP contribution in [-0.4, -0.2) is 9.97 Å². The van der Waals surface area contributed by atoms with Gasteiger partial charge in [0.25, 0.3) is 0 Å². The van der Waals surface area contributed by atoms with E-state index >= 15 is 0 Å². The van der Waals surface area contributed by atoms with E-state index in [1.165, 1.54) is 29.2 Å². The number of halogens is 1. The fourth-order valence-corrected chi connectivity index (χ4v) is 2.94. The van der Waals surface area contributed by atoms with E-state index in [-0.39, 0.29) is 0 Å². The van der Waals surface area contributed by atoms with Crippen molar-refractivity contribution in [2.45, 2.75) is 18.8 Å². The summed E-state index contributed by atoms with van der Waals surface area (Å²) in [6.07, 6.45) is 2.43. The summed E-state index contributed by atoms with van der Waals surface area (Å²) >= 11 is 3.52. The number of hydrogen-bond acceptors (Lipinski definition) is 2. The lowest BCUT2D eigenvalue weighted by Gasteiger charge is -2.08. The van der Waals surface area contributed by atoms with E-state index in [4.69, 9.17) is 4.98 Å². The maximum absolute atomic E-state index is 4.77. The fraction of sp³-hybridized carbons (Fsp3) is 0.176. The van der Waals surface area contributed by atoms with Crippen molar-refractivity contribution in [2.24, 2.45) is 0 Å². The molecular weight excluding hydrogens is 312 g/mol. The Kier molecular flexibility index (Phi) is 2.81. The van der Waals surface area contributed by atoms with Crippen LogP contribution in [0.4, 0.5) is 0 Å². The number of aromatic nitrogens is 2. The molecule has 0 amide bonds. The highest BCUT2D eigenvalue weighted by atomic mass is 79.9. The van der Waals surface area contributed by atoms with Crippen LogP contribution >= 0.6 is 15.9 Å². The van der Waals surface area contributed by atoms with Crippen molar-refractivity contribution < 1.29 is 0 Å². The van der Waals surface area contributed by atoms with E-state index in [1.807, 2.05) is 6.07 Å². The van der Waals surface area contributed by atoms with Crippen molar-refractivity contribution in [1.29, 1.82) is 0 Å². The molecule has 0 N–H and O–H groups in total. The molecule has 0 atom stereocenters. The molecule has 1 aliphatic rings. The SMILES string of the molecule is Brc1cc(-c2cccc3ccccc23)nc(C2CC2)n1. The normalized spacial score (nSPS) is 14.7. The number of fused-ring (bicyclic) bond motifs is 1. The maximum Gasteiger partial charge on any atom is 0.133 e. The Balaban J connectivity index is 1.94. The third kappa shape index (κ3) is 2.12. The molecule has 0 radical (unpaired) electrons. The van der Waals surface area contributed by atoms with Gasteiger partial charge in [-0.05, 0) is 45.6 Å². The smallest absolute Gasteiger partial charge is 0.133 e. The van der Waals surface area contributed by atoms with Crippen molar-refractivity contribution in [1.82, 2.24) is 9.97 Å². The summed E-state index contributed by atoms with van der Waals surface area (Å²) in [5, 5.41) is 2.48. The van der Waals surface area contributed by atoms with Gasteiger partial charge in [-0.3, -0.25) is 0 Å². The van der Waals surface area contributed by atoms with Crippen LogP contribution in [0.3, 0.4) is 0 Å². The Morgan fingerprint density at radius 2 is 1.75 bits per heavy atom. The van der Waals surface area contributed by atoms with Gasteiger partial charge in [-0.25, -0.2) is 9.97 Å². The summed E-state index contributed by atoms with van der Waals surface area (Å²) < 4.78 is 0.873. The lowest BCUT2D eigenvalue weighted by Crippen LogP contribution is -1.96. The molecule has 2 aromatic carbocycles. The first-order chi connectivity index (χ1) is 9.81. The van der Waals surface area contributed by atoms with E-state index in [2.05, 4.69) is 63.4 Å². The highest BCUT2D eigenvalue weighted by Gasteiger charge is 2.27. The minimum absolute atomic E-state index is 0.557. The fourth-order valence-electron chi connectivity index (χ4n) is 2.55. The number of nitrogens with zero attached hydrogens (tertiary/aromatic N) is 2. The topological polar surface area (TPSA) is 25.8 Å². The summed E-state index contributed by atoms with van der Waals surface area (Å²) in [4.78, 5) is 9.28. The zero-order valence-corrected chi connectivity index (χ0v) is 12.5. The Labute approximate surface area is 126 Å². The van der Waals surface area contributed by atoms with Gasteiger partial charge in [0, 0.05) is 11.5 Å². The summed E-state index contributed by atoms with van der Waals surface area (Å²) in [7, 11) is 0. The van der Waals surface area contributed by atoms with Gasteiger partial charge >= 0.3 is 0 Å². The molecule has 1 saturated carbocycles. The van der Waals surface area contributed by atoms with E-state index in [0.717, 1.165) is 16.1 Å². The van der Waals surface area contributed by atoms with Gasteiger partial charge in [0.05, 0.1) is 5.69 Å². The van der Waals surface area contributed by atoms with Crippen LogP contribution in [0.5, 0.6) is 0 Å². The van der Waals surface area contributed by atoms with Gasteiger partial charge < -0.3 is 0 Å². The molecular formula is C17H13BrN2. The minimum atomic E-state index is 0.557. The van der Waals surface area contributed by atoms with Crippen molar-refractivity contribution in [2.75, 3.05) is 0 Å². The Bertz CT molecular complexity index is 789. The second-order valence-electron chi connectivity index (χ2n) is 5.24. The highest BCUT2D eigenvalue weighted by molar-refractivity contribution is 9.10. The van der Waals surface area contributed by atoms with Crippen molar-refractivity contribution in [3.8, 4) is 11.3 Å². The van der Waals surface area contributed by atoms with E-state index in [1.54, 1.807) is 0 Å². The molecule has 1 aliphatic carbocycles. The average molecular weight is 325 g/mol. The third-order valence-electron chi connectivity index (χ3n) is 3.72. The largest absolute Gasteiger partial charge is 0.233 e. The molecule has 1 aromatic heterocycles. The van der Waals surface area contributed by atoms with Crippen LogP contribution in [-0.2, 0) is 0 Å². The third-order valence-corrected chi connectivity index (χ3v) is 4.13. The van der Waals surface area contributed by atoms with Crippen LogP contribution in [0.1, 0.15) is 24.6 Å². The Morgan fingerprint density at radius 3 is 2.60 bits per heavy atom. The number of benzene rings is 2. The monoisotopic (exact) mass is 324 g/mol. The first-order valence-corrected chi connectivity index (χ1v) is 7.63. The molecule has 2 nitrogen and oxygen atoms in total. The van der Waals surface area contributed by atoms with E-state index in [9.17, 15) is 0 Å². The number of hydrogen-bond donors (Lipinski definition) is 0. The van der Waals surface area contributed by atoms with Crippen molar-refractivity contribution in [3.63, 3.8) is 0 Å². The van der Waals surface area contributed by atoms with Crippen molar-refractivity contribution >= 4 is 26.7 Å². The standard InChI is InChI=1S/C17H13BrN2/c18-16-10-15(19-17(20-16)12-8-9-12)14-7-3-5-11-4-1-2-6-13(11)14/h1-7,10,12H,8-9H2. The predicted molar refractivity (Wildman–Crippen MR) is 84.6 cm³/mol. The van der Waals surface area contributed by atoms with Crippen LogP contribution in [0.2, 0.25) is 0 Å². The van der Waals surface area contributed by atoms with Crippen molar-refractivity contribution in [3.05, 3.63) is 59.0 Å². The molecule has 0 bridgehead atoms. The lowest BCUT2D eigenvalue weighted by atomic mass is 10.0. The summed E-state index contributed by atoms with van der Waals surface area (Å²) in [6, 6.07) is 16.8. The van der Waals surface area contributed by atoms with Crippen LogP contribution < -0.4 is 0 Å². The molecule has 98 valence electrons. The quantitative estimate of drug-likeness (QED) is 0.624. The van der Waals surface area contributed by atoms with Gasteiger partial charge in [-0.2, -0.15) is 0 Å². The maximum atomic E-state index is 4.77. The van der Waals surface area contributed by atoms with Gasteiger partial charge in [0.2, 0.25) is 0 Å². The Hall–Kier alpha value is -1.74. The molecule has 3 heteroatoms. The second kappa shape index (κ2) is 4.67. The average Bonchev–Trinajstić information content (AvgIpc) is 3.30. The molecule has 1 heterocycles. The predicted octanol–water partition coefficient (Wildman–Crippen LogP) is 4.94. The minimum Gasteiger partial charge on any atom is -0.233 e. The molecule has 0 unspecified atom stereocenters. The first kappa shape index (κ1) is 12.0. The second-order valence-corrected chi connectivity index (χ2v) is 6.05. The molecule has 3 aromatic rings. The van der Waals surface area contributed by atoms with Gasteiger partial charge in [0.1, 0.15) is 10.4 Å². The zero-order valence-electron chi connectivity index (χ0n) is 10.9. The van der Waals surface area contributed by atoms with Crippen LogP contribution in [0, 0.1) is 0 Å². The summed E-state index contributed by atoms with van der Waals surface area (Å²) in [5.74, 6) is 1.53. The molecule has 0 aliphatic heterocycles. The Morgan fingerprint density at radius 1 is 0.950 bits per heavy atom. The van der Waals surface area contributed by atoms with Crippen LogP contribution in [0.25, 0.3) is 22.0 Å². The molecule has 1 fully saturated rings. The van der Waals surface area contributed by atoms with Gasteiger partial charge in [-0.15, -0.1) is 0 Å². The molecule has 4 rings (SSSR count). The zero-order chi connectivity index (χ0) is 13.5. The summed E-state index contributed by atoms with van der Waals surface area (Å²) in [5.41, 5.74) is 2.18. The highest BCUT2D eigenvalue weighted by Crippen LogP contribution is 2.39. The van der Waals surface area contributed by atoms with E-state index < -0.39 is 0 Å². The summed E-state index contributed by atoms with van der Waals surface area (Å²) in [6.45, 7) is 0. The van der Waals surface area contributed by atoms with Crippen LogP contribution in [0.15, 0.2) is 53.1 Å². The molecule has 20 heavy (non-hydrogen) atoms. The lowest BCUT2D eigenvalue weighted by molar-refractivity contribution is 0.920. The first-order valence-electron chi connectivity index (χ1n) is 6.84. The molecule has 0 saturated heterocycles. The van der Waals surface area contributed by atoms with E-state index in [0.29, 0.717) is 5.92 Å². The van der Waals surface area contributed by atoms with Gasteiger partial charge in [0.15, 0.2) is 0 Å². The van der Waals surface area contributed by atoms with Gasteiger partial charge in [-0.1, -0.05) is 42.5 Å².